The fourth-order valence-electron chi connectivity index (χ4n) is 1.53. The van der Waals surface area contributed by atoms with Crippen molar-refractivity contribution in [2.45, 2.75) is 26.3 Å². The van der Waals surface area contributed by atoms with E-state index >= 15 is 0 Å². The van der Waals surface area contributed by atoms with Gasteiger partial charge in [0.15, 0.2) is 0 Å². The number of benzene rings is 1. The lowest BCUT2D eigenvalue weighted by molar-refractivity contribution is 0.0740. The lowest BCUT2D eigenvalue weighted by Gasteiger charge is -2.23. The molecule has 1 aromatic rings. The Morgan fingerprint density at radius 1 is 1.39 bits per heavy atom. The van der Waals surface area contributed by atoms with E-state index in [1.54, 1.807) is 4.90 Å². The molecule has 0 aliphatic carbocycles. The summed E-state index contributed by atoms with van der Waals surface area (Å²) in [6.45, 7) is 4.45. The summed E-state index contributed by atoms with van der Waals surface area (Å²) in [6.07, 6.45) is 0.947. The Hall–Kier alpha value is -1.79. The molecular formula is C15H20N2O. The van der Waals surface area contributed by atoms with Gasteiger partial charge in [-0.25, -0.2) is 0 Å². The summed E-state index contributed by atoms with van der Waals surface area (Å²) >= 11 is 0. The zero-order valence-electron chi connectivity index (χ0n) is 11.2. The molecule has 3 heteroatoms. The van der Waals surface area contributed by atoms with Gasteiger partial charge in [0, 0.05) is 24.2 Å². The third-order valence-corrected chi connectivity index (χ3v) is 3.04. The van der Waals surface area contributed by atoms with Crippen molar-refractivity contribution in [2.75, 3.05) is 13.6 Å². The highest BCUT2D eigenvalue weighted by molar-refractivity contribution is 5.94. The lowest BCUT2D eigenvalue weighted by Crippen LogP contribution is -2.34. The summed E-state index contributed by atoms with van der Waals surface area (Å²) in [5.41, 5.74) is 6.88. The summed E-state index contributed by atoms with van der Waals surface area (Å²) in [5.74, 6) is 5.76. The molecule has 0 fully saturated rings. The molecule has 0 aromatic heterocycles. The van der Waals surface area contributed by atoms with Gasteiger partial charge in [-0.2, -0.15) is 0 Å². The number of rotatable bonds is 3. The third kappa shape index (κ3) is 3.61. The first-order chi connectivity index (χ1) is 8.60. The van der Waals surface area contributed by atoms with E-state index in [0.29, 0.717) is 12.1 Å². The predicted octanol–water partition coefficient (Wildman–Crippen LogP) is 1.87. The molecule has 1 aromatic carbocycles. The molecule has 1 atom stereocenters. The lowest BCUT2D eigenvalue weighted by atomic mass is 10.1. The molecule has 0 aliphatic heterocycles. The van der Waals surface area contributed by atoms with Crippen molar-refractivity contribution in [3.63, 3.8) is 0 Å². The first kappa shape index (κ1) is 14.3. The summed E-state index contributed by atoms with van der Waals surface area (Å²) in [6, 6.07) is 7.55. The minimum absolute atomic E-state index is 0.0442. The summed E-state index contributed by atoms with van der Waals surface area (Å²) in [7, 11) is 1.83. The molecule has 0 heterocycles. The minimum atomic E-state index is 0.0442. The maximum atomic E-state index is 12.1. The van der Waals surface area contributed by atoms with E-state index in [0.717, 1.165) is 12.0 Å². The second-order valence-corrected chi connectivity index (χ2v) is 4.26. The van der Waals surface area contributed by atoms with Gasteiger partial charge >= 0.3 is 0 Å². The third-order valence-electron chi connectivity index (χ3n) is 3.04. The van der Waals surface area contributed by atoms with Gasteiger partial charge in [-0.1, -0.05) is 18.8 Å². The van der Waals surface area contributed by atoms with Gasteiger partial charge in [0.05, 0.1) is 6.54 Å². The number of hydrogen-bond acceptors (Lipinski definition) is 2. The van der Waals surface area contributed by atoms with Gasteiger partial charge in [-0.15, -0.1) is 0 Å². The average molecular weight is 244 g/mol. The number of carbonyl (C=O) groups excluding carboxylic acids is 1. The highest BCUT2D eigenvalue weighted by Gasteiger charge is 2.15. The van der Waals surface area contributed by atoms with Crippen LogP contribution >= 0.6 is 0 Å². The molecule has 0 aliphatic rings. The Kier molecular flexibility index (Phi) is 5.41. The smallest absolute Gasteiger partial charge is 0.253 e. The van der Waals surface area contributed by atoms with Crippen LogP contribution in [-0.2, 0) is 0 Å². The quantitative estimate of drug-likeness (QED) is 0.825. The molecule has 3 nitrogen and oxygen atoms in total. The molecule has 0 saturated heterocycles. The second kappa shape index (κ2) is 6.83. The molecule has 2 N–H and O–H groups in total. The first-order valence-corrected chi connectivity index (χ1v) is 6.16. The van der Waals surface area contributed by atoms with E-state index in [2.05, 4.69) is 18.8 Å². The van der Waals surface area contributed by atoms with E-state index in [-0.39, 0.29) is 11.9 Å². The van der Waals surface area contributed by atoms with E-state index in [1.807, 2.05) is 38.2 Å². The Morgan fingerprint density at radius 2 is 2.00 bits per heavy atom. The van der Waals surface area contributed by atoms with Crippen LogP contribution in [0.3, 0.4) is 0 Å². The van der Waals surface area contributed by atoms with Crippen molar-refractivity contribution in [3.05, 3.63) is 35.4 Å². The van der Waals surface area contributed by atoms with Crippen molar-refractivity contribution < 1.29 is 4.79 Å². The zero-order chi connectivity index (χ0) is 13.5. The Labute approximate surface area is 109 Å². The maximum Gasteiger partial charge on any atom is 0.253 e. The number of nitrogens with two attached hydrogens (primary N) is 1. The summed E-state index contributed by atoms with van der Waals surface area (Å²) in [4.78, 5) is 13.9. The highest BCUT2D eigenvalue weighted by Crippen LogP contribution is 2.09. The topological polar surface area (TPSA) is 46.3 Å². The average Bonchev–Trinajstić information content (AvgIpc) is 2.43. The Morgan fingerprint density at radius 3 is 2.50 bits per heavy atom. The SMILES string of the molecule is CCC(C)N(C)C(=O)c1ccc(C#CCN)cc1. The highest BCUT2D eigenvalue weighted by atomic mass is 16.2. The van der Waals surface area contributed by atoms with Crippen LogP contribution in [-0.4, -0.2) is 30.4 Å². The van der Waals surface area contributed by atoms with Crippen LogP contribution in [0.4, 0.5) is 0 Å². The van der Waals surface area contributed by atoms with E-state index in [1.165, 1.54) is 0 Å². The molecule has 1 unspecified atom stereocenters. The van der Waals surface area contributed by atoms with Crippen molar-refractivity contribution in [3.8, 4) is 11.8 Å². The van der Waals surface area contributed by atoms with E-state index < -0.39 is 0 Å². The zero-order valence-corrected chi connectivity index (χ0v) is 11.2. The fourth-order valence-corrected chi connectivity index (χ4v) is 1.53. The summed E-state index contributed by atoms with van der Waals surface area (Å²) < 4.78 is 0. The van der Waals surface area contributed by atoms with Gasteiger partial charge in [0.25, 0.3) is 5.91 Å². The van der Waals surface area contributed by atoms with Gasteiger partial charge in [-0.3, -0.25) is 4.79 Å². The molecule has 0 radical (unpaired) electrons. The van der Waals surface area contributed by atoms with Gasteiger partial charge < -0.3 is 10.6 Å². The number of hydrogen-bond donors (Lipinski definition) is 1. The minimum Gasteiger partial charge on any atom is -0.339 e. The molecule has 0 saturated carbocycles. The van der Waals surface area contributed by atoms with Crippen LogP contribution in [0, 0.1) is 11.8 Å². The van der Waals surface area contributed by atoms with Crippen molar-refractivity contribution in [2.24, 2.45) is 5.73 Å². The van der Waals surface area contributed by atoms with E-state index in [9.17, 15) is 4.79 Å². The largest absolute Gasteiger partial charge is 0.339 e. The van der Waals surface area contributed by atoms with Crippen molar-refractivity contribution in [1.82, 2.24) is 4.90 Å². The van der Waals surface area contributed by atoms with Gasteiger partial charge in [0.1, 0.15) is 0 Å². The van der Waals surface area contributed by atoms with E-state index in [4.69, 9.17) is 5.73 Å². The van der Waals surface area contributed by atoms with Crippen molar-refractivity contribution >= 4 is 5.91 Å². The van der Waals surface area contributed by atoms with Crippen LogP contribution in [0.15, 0.2) is 24.3 Å². The normalized spacial score (nSPS) is 11.3. The number of carbonyl (C=O) groups is 1. The van der Waals surface area contributed by atoms with Crippen LogP contribution in [0.25, 0.3) is 0 Å². The second-order valence-electron chi connectivity index (χ2n) is 4.26. The van der Waals surface area contributed by atoms with Crippen LogP contribution in [0.2, 0.25) is 0 Å². The monoisotopic (exact) mass is 244 g/mol. The van der Waals surface area contributed by atoms with Gasteiger partial charge in [0.2, 0.25) is 0 Å². The first-order valence-electron chi connectivity index (χ1n) is 6.16. The number of nitrogens with zero attached hydrogens (tertiary/aromatic N) is 1. The molecule has 1 amide bonds. The summed E-state index contributed by atoms with van der Waals surface area (Å²) in [5, 5.41) is 0. The molecule has 96 valence electrons. The van der Waals surface area contributed by atoms with Gasteiger partial charge in [-0.05, 0) is 37.6 Å². The molecule has 0 bridgehead atoms. The van der Waals surface area contributed by atoms with Crippen LogP contribution in [0.5, 0.6) is 0 Å². The number of amides is 1. The Balaban J connectivity index is 2.82. The molecular weight excluding hydrogens is 224 g/mol. The van der Waals surface area contributed by atoms with Crippen molar-refractivity contribution in [1.29, 1.82) is 0 Å². The maximum absolute atomic E-state index is 12.1. The molecule has 1 rings (SSSR count). The van der Waals surface area contributed by atoms with Crippen LogP contribution in [0.1, 0.15) is 36.2 Å². The molecule has 0 spiro atoms. The fraction of sp³-hybridized carbons (Fsp3) is 0.400. The van der Waals surface area contributed by atoms with Crippen LogP contribution < -0.4 is 5.73 Å². The predicted molar refractivity (Wildman–Crippen MR) is 74.2 cm³/mol. The Bertz CT molecular complexity index is 454. The standard InChI is InChI=1S/C15H20N2O/c1-4-12(2)17(3)15(18)14-9-7-13(8-10-14)6-5-11-16/h7-10,12H,4,11,16H2,1-3H3. The molecule has 18 heavy (non-hydrogen) atoms.